The van der Waals surface area contributed by atoms with Crippen molar-refractivity contribution in [1.29, 1.82) is 0 Å². The van der Waals surface area contributed by atoms with E-state index in [0.717, 1.165) is 0 Å². The monoisotopic (exact) mass is 295 g/mol. The fraction of sp³-hybridized carbons (Fsp3) is 0.214. The second-order valence-corrected chi connectivity index (χ2v) is 5.12. The highest BCUT2D eigenvalue weighted by atomic mass is 35.5. The topological polar surface area (TPSA) is 60.0 Å². The Morgan fingerprint density at radius 1 is 1.45 bits per heavy atom. The van der Waals surface area contributed by atoms with Crippen LogP contribution in [0.15, 0.2) is 30.5 Å². The van der Waals surface area contributed by atoms with Gasteiger partial charge in [0.2, 0.25) is 0 Å². The fourth-order valence-corrected chi connectivity index (χ4v) is 2.11. The molecule has 1 amide bonds. The smallest absolute Gasteiger partial charge is 0.272 e. The maximum Gasteiger partial charge on any atom is 0.272 e. The van der Waals surface area contributed by atoms with Gasteiger partial charge in [0.1, 0.15) is 11.5 Å². The number of halogens is 2. The summed E-state index contributed by atoms with van der Waals surface area (Å²) in [6, 6.07) is 5.82. The van der Waals surface area contributed by atoms with Crippen LogP contribution < -0.4 is 11.1 Å². The molecule has 0 radical (unpaired) electrons. The Balaban J connectivity index is 2.34. The summed E-state index contributed by atoms with van der Waals surface area (Å²) in [5.74, 6) is -1.04. The van der Waals surface area contributed by atoms with Crippen molar-refractivity contribution in [1.82, 2.24) is 4.57 Å². The van der Waals surface area contributed by atoms with Gasteiger partial charge in [-0.15, -0.1) is 0 Å². The van der Waals surface area contributed by atoms with Gasteiger partial charge < -0.3 is 15.6 Å². The SMILES string of the molecule is CC(C)n1cc(N)cc1C(=O)Nc1c(F)cccc1Cl. The molecule has 1 aromatic heterocycles. The number of nitrogens with zero attached hydrogens (tertiary/aromatic N) is 1. The zero-order chi connectivity index (χ0) is 14.9. The Morgan fingerprint density at radius 2 is 2.15 bits per heavy atom. The average Bonchev–Trinajstić information content (AvgIpc) is 2.76. The number of para-hydroxylation sites is 1. The number of nitrogens with two attached hydrogens (primary N) is 1. The first kappa shape index (κ1) is 14.4. The van der Waals surface area contributed by atoms with E-state index in [1.807, 2.05) is 13.8 Å². The van der Waals surface area contributed by atoms with Gasteiger partial charge in [-0.2, -0.15) is 0 Å². The number of hydrogen-bond acceptors (Lipinski definition) is 2. The zero-order valence-corrected chi connectivity index (χ0v) is 11.9. The molecule has 0 saturated carbocycles. The van der Waals surface area contributed by atoms with Gasteiger partial charge in [0, 0.05) is 12.2 Å². The zero-order valence-electron chi connectivity index (χ0n) is 11.2. The highest BCUT2D eigenvalue weighted by molar-refractivity contribution is 6.33. The number of carbonyl (C=O) groups is 1. The van der Waals surface area contributed by atoms with Gasteiger partial charge in [0.15, 0.2) is 0 Å². The standard InChI is InChI=1S/C14H15ClFN3O/c1-8(2)19-7-9(17)6-12(19)14(20)18-13-10(15)4-3-5-11(13)16/h3-8H,17H2,1-2H3,(H,18,20). The molecule has 0 atom stereocenters. The molecule has 0 spiro atoms. The van der Waals surface area contributed by atoms with Crippen molar-refractivity contribution in [2.75, 3.05) is 11.1 Å². The average molecular weight is 296 g/mol. The van der Waals surface area contributed by atoms with E-state index in [1.54, 1.807) is 16.8 Å². The lowest BCUT2D eigenvalue weighted by molar-refractivity contribution is 0.101. The predicted octanol–water partition coefficient (Wildman–Crippen LogP) is 3.70. The molecule has 0 bridgehead atoms. The molecule has 2 aromatic rings. The van der Waals surface area contributed by atoms with E-state index in [-0.39, 0.29) is 16.8 Å². The van der Waals surface area contributed by atoms with Crippen LogP contribution in [-0.4, -0.2) is 10.5 Å². The first-order valence-electron chi connectivity index (χ1n) is 6.13. The summed E-state index contributed by atoms with van der Waals surface area (Å²) < 4.78 is 15.4. The quantitative estimate of drug-likeness (QED) is 0.907. The van der Waals surface area contributed by atoms with E-state index in [0.29, 0.717) is 11.4 Å². The molecule has 0 fully saturated rings. The van der Waals surface area contributed by atoms with Crippen molar-refractivity contribution in [3.63, 3.8) is 0 Å². The fourth-order valence-electron chi connectivity index (χ4n) is 1.90. The van der Waals surface area contributed by atoms with E-state index in [1.165, 1.54) is 18.2 Å². The molecule has 0 aliphatic rings. The van der Waals surface area contributed by atoms with Crippen molar-refractivity contribution < 1.29 is 9.18 Å². The summed E-state index contributed by atoms with van der Waals surface area (Å²) in [6.07, 6.45) is 1.67. The molecule has 1 heterocycles. The van der Waals surface area contributed by atoms with Crippen LogP contribution in [0.2, 0.25) is 5.02 Å². The number of nitrogen functional groups attached to an aromatic ring is 1. The second kappa shape index (κ2) is 5.54. The predicted molar refractivity (Wildman–Crippen MR) is 78.6 cm³/mol. The molecule has 0 unspecified atom stereocenters. The number of anilines is 2. The summed E-state index contributed by atoms with van der Waals surface area (Å²) >= 11 is 5.88. The third-order valence-electron chi connectivity index (χ3n) is 2.86. The number of hydrogen-bond donors (Lipinski definition) is 2. The highest BCUT2D eigenvalue weighted by Gasteiger charge is 2.17. The van der Waals surface area contributed by atoms with Gasteiger partial charge in [0.25, 0.3) is 5.91 Å². The Kier molecular flexibility index (Phi) is 3.99. The third-order valence-corrected chi connectivity index (χ3v) is 3.17. The maximum atomic E-state index is 13.7. The van der Waals surface area contributed by atoms with Crippen molar-refractivity contribution >= 4 is 28.9 Å². The van der Waals surface area contributed by atoms with Crippen molar-refractivity contribution in [3.05, 3.63) is 47.0 Å². The highest BCUT2D eigenvalue weighted by Crippen LogP contribution is 2.26. The van der Waals surface area contributed by atoms with Crippen LogP contribution in [-0.2, 0) is 0 Å². The van der Waals surface area contributed by atoms with Crippen molar-refractivity contribution in [2.24, 2.45) is 0 Å². The molecule has 2 rings (SSSR count). The Hall–Kier alpha value is -2.01. The number of amides is 1. The van der Waals surface area contributed by atoms with E-state index in [4.69, 9.17) is 17.3 Å². The minimum absolute atomic E-state index is 0.0331. The summed E-state index contributed by atoms with van der Waals surface area (Å²) in [6.45, 7) is 3.85. The lowest BCUT2D eigenvalue weighted by atomic mass is 10.2. The summed E-state index contributed by atoms with van der Waals surface area (Å²) in [5, 5.41) is 2.63. The van der Waals surface area contributed by atoms with E-state index < -0.39 is 11.7 Å². The minimum atomic E-state index is -0.582. The first-order chi connectivity index (χ1) is 9.40. The van der Waals surface area contributed by atoms with Crippen LogP contribution in [0.3, 0.4) is 0 Å². The number of nitrogens with one attached hydrogen (secondary N) is 1. The molecular formula is C14H15ClFN3O. The van der Waals surface area contributed by atoms with Gasteiger partial charge in [0.05, 0.1) is 16.4 Å². The Labute approximate surface area is 121 Å². The molecule has 3 N–H and O–H groups in total. The molecule has 0 saturated heterocycles. The molecular weight excluding hydrogens is 281 g/mol. The van der Waals surface area contributed by atoms with Crippen molar-refractivity contribution in [2.45, 2.75) is 19.9 Å². The minimum Gasteiger partial charge on any atom is -0.397 e. The van der Waals surface area contributed by atoms with Crippen LogP contribution in [0.5, 0.6) is 0 Å². The third kappa shape index (κ3) is 2.77. The Morgan fingerprint density at radius 3 is 2.75 bits per heavy atom. The largest absolute Gasteiger partial charge is 0.397 e. The van der Waals surface area contributed by atoms with Crippen LogP contribution >= 0.6 is 11.6 Å². The van der Waals surface area contributed by atoms with Crippen LogP contribution in [0.25, 0.3) is 0 Å². The molecule has 4 nitrogen and oxygen atoms in total. The van der Waals surface area contributed by atoms with Gasteiger partial charge >= 0.3 is 0 Å². The van der Waals surface area contributed by atoms with Gasteiger partial charge in [-0.05, 0) is 32.0 Å². The van der Waals surface area contributed by atoms with Crippen LogP contribution in [0, 0.1) is 5.82 Å². The Bertz CT molecular complexity index is 632. The molecule has 1 aromatic carbocycles. The molecule has 0 aliphatic heterocycles. The number of rotatable bonds is 3. The van der Waals surface area contributed by atoms with Crippen molar-refractivity contribution in [3.8, 4) is 0 Å². The molecule has 0 aliphatic carbocycles. The number of benzene rings is 1. The van der Waals surface area contributed by atoms with E-state index >= 15 is 0 Å². The number of carbonyl (C=O) groups excluding carboxylic acids is 1. The van der Waals surface area contributed by atoms with Crippen LogP contribution in [0.1, 0.15) is 30.4 Å². The van der Waals surface area contributed by atoms with Crippen LogP contribution in [0.4, 0.5) is 15.8 Å². The lowest BCUT2D eigenvalue weighted by Crippen LogP contribution is -2.18. The molecule has 6 heteroatoms. The molecule has 20 heavy (non-hydrogen) atoms. The first-order valence-corrected chi connectivity index (χ1v) is 6.50. The lowest BCUT2D eigenvalue weighted by Gasteiger charge is -2.13. The van der Waals surface area contributed by atoms with E-state index in [9.17, 15) is 9.18 Å². The molecule has 106 valence electrons. The van der Waals surface area contributed by atoms with Gasteiger partial charge in [-0.25, -0.2) is 4.39 Å². The van der Waals surface area contributed by atoms with Gasteiger partial charge in [-0.1, -0.05) is 17.7 Å². The second-order valence-electron chi connectivity index (χ2n) is 4.71. The number of aromatic nitrogens is 1. The summed E-state index contributed by atoms with van der Waals surface area (Å²) in [7, 11) is 0. The summed E-state index contributed by atoms with van der Waals surface area (Å²) in [5.41, 5.74) is 6.51. The normalized spacial score (nSPS) is 10.8. The maximum absolute atomic E-state index is 13.7. The van der Waals surface area contributed by atoms with E-state index in [2.05, 4.69) is 5.32 Å². The summed E-state index contributed by atoms with van der Waals surface area (Å²) in [4.78, 5) is 12.2. The van der Waals surface area contributed by atoms with Gasteiger partial charge in [-0.3, -0.25) is 4.79 Å².